The van der Waals surface area contributed by atoms with Crippen molar-refractivity contribution >= 4 is 17.7 Å². The zero-order chi connectivity index (χ0) is 16.2. The van der Waals surface area contributed by atoms with Crippen LogP contribution in [0.2, 0.25) is 0 Å². The number of aromatic nitrogens is 3. The highest BCUT2D eigenvalue weighted by Crippen LogP contribution is 2.14. The molecular weight excluding hydrogens is 292 g/mol. The number of anilines is 2. The minimum Gasteiger partial charge on any atom is -0.384 e. The third kappa shape index (κ3) is 3.56. The summed E-state index contributed by atoms with van der Waals surface area (Å²) in [6.07, 6.45) is 2.51. The second-order valence-electron chi connectivity index (χ2n) is 5.58. The van der Waals surface area contributed by atoms with E-state index in [1.165, 1.54) is 0 Å². The molecule has 0 saturated carbocycles. The topological polar surface area (TPSA) is 88.2 Å². The Balaban J connectivity index is 1.70. The van der Waals surface area contributed by atoms with E-state index in [9.17, 15) is 4.79 Å². The maximum absolute atomic E-state index is 12.6. The van der Waals surface area contributed by atoms with Gasteiger partial charge in [0.1, 0.15) is 11.5 Å². The second-order valence-corrected chi connectivity index (χ2v) is 5.58. The summed E-state index contributed by atoms with van der Waals surface area (Å²) >= 11 is 0. The lowest BCUT2D eigenvalue weighted by Crippen LogP contribution is -2.36. The predicted molar refractivity (Wildman–Crippen MR) is 88.2 cm³/mol. The lowest BCUT2D eigenvalue weighted by Gasteiger charge is -2.22. The smallest absolute Gasteiger partial charge is 0.272 e. The van der Waals surface area contributed by atoms with E-state index in [4.69, 9.17) is 5.73 Å². The molecule has 1 amide bonds. The van der Waals surface area contributed by atoms with Crippen LogP contribution in [0.25, 0.3) is 0 Å². The van der Waals surface area contributed by atoms with Gasteiger partial charge in [-0.25, -0.2) is 9.97 Å². The Morgan fingerprint density at radius 2 is 2.00 bits per heavy atom. The summed E-state index contributed by atoms with van der Waals surface area (Å²) in [5, 5.41) is 0. The van der Waals surface area contributed by atoms with Gasteiger partial charge in [0.25, 0.3) is 5.91 Å². The molecule has 7 nitrogen and oxygen atoms in total. The molecule has 0 radical (unpaired) electrons. The number of nitrogens with two attached hydrogens (primary N) is 1. The SMILES string of the molecule is Cc1cccc(C(=O)N2CCCN(c3nccc(N)n3)CC2)n1. The molecule has 2 aromatic rings. The summed E-state index contributed by atoms with van der Waals surface area (Å²) in [5.41, 5.74) is 7.07. The Labute approximate surface area is 135 Å². The van der Waals surface area contributed by atoms with Gasteiger partial charge in [-0.3, -0.25) is 4.79 Å². The molecule has 3 rings (SSSR count). The fourth-order valence-electron chi connectivity index (χ4n) is 2.66. The molecule has 7 heteroatoms. The van der Waals surface area contributed by atoms with Crippen LogP contribution < -0.4 is 10.6 Å². The van der Waals surface area contributed by atoms with Crippen LogP contribution in [0, 0.1) is 6.92 Å². The first-order chi connectivity index (χ1) is 11.1. The molecule has 1 fully saturated rings. The van der Waals surface area contributed by atoms with Crippen molar-refractivity contribution in [3.63, 3.8) is 0 Å². The van der Waals surface area contributed by atoms with Gasteiger partial charge in [-0.15, -0.1) is 0 Å². The Hall–Kier alpha value is -2.70. The maximum Gasteiger partial charge on any atom is 0.272 e. The minimum absolute atomic E-state index is 0.0240. The number of carbonyl (C=O) groups excluding carboxylic acids is 1. The third-order valence-corrected chi connectivity index (χ3v) is 3.84. The first-order valence-electron chi connectivity index (χ1n) is 7.70. The Bertz CT molecular complexity index is 704. The van der Waals surface area contributed by atoms with Gasteiger partial charge in [-0.2, -0.15) is 4.98 Å². The van der Waals surface area contributed by atoms with E-state index in [1.54, 1.807) is 18.3 Å². The van der Waals surface area contributed by atoms with Crippen LogP contribution >= 0.6 is 0 Å². The number of carbonyl (C=O) groups is 1. The normalized spacial score (nSPS) is 15.3. The fourth-order valence-corrected chi connectivity index (χ4v) is 2.66. The maximum atomic E-state index is 12.6. The second kappa shape index (κ2) is 6.60. The number of aryl methyl sites for hydroxylation is 1. The predicted octanol–water partition coefficient (Wildman–Crippen LogP) is 1.11. The van der Waals surface area contributed by atoms with E-state index >= 15 is 0 Å². The molecule has 1 aliphatic heterocycles. The van der Waals surface area contributed by atoms with Crippen molar-refractivity contribution in [2.24, 2.45) is 0 Å². The molecule has 120 valence electrons. The van der Waals surface area contributed by atoms with Crippen molar-refractivity contribution < 1.29 is 4.79 Å². The fraction of sp³-hybridized carbons (Fsp3) is 0.375. The van der Waals surface area contributed by atoms with Gasteiger partial charge in [0.05, 0.1) is 0 Å². The van der Waals surface area contributed by atoms with E-state index in [1.807, 2.05) is 24.0 Å². The monoisotopic (exact) mass is 312 g/mol. The molecule has 0 bridgehead atoms. The van der Waals surface area contributed by atoms with E-state index < -0.39 is 0 Å². The molecule has 0 atom stereocenters. The van der Waals surface area contributed by atoms with Crippen LogP contribution in [0.1, 0.15) is 22.6 Å². The van der Waals surface area contributed by atoms with Crippen LogP contribution in [0.3, 0.4) is 0 Å². The first kappa shape index (κ1) is 15.2. The van der Waals surface area contributed by atoms with Crippen molar-refractivity contribution in [1.29, 1.82) is 0 Å². The number of rotatable bonds is 2. The average Bonchev–Trinajstić information content (AvgIpc) is 2.80. The molecule has 2 aromatic heterocycles. The average molecular weight is 312 g/mol. The largest absolute Gasteiger partial charge is 0.384 e. The molecule has 0 aliphatic carbocycles. The van der Waals surface area contributed by atoms with Crippen LogP contribution in [-0.4, -0.2) is 51.9 Å². The number of nitrogens with zero attached hydrogens (tertiary/aromatic N) is 5. The van der Waals surface area contributed by atoms with Crippen molar-refractivity contribution in [2.45, 2.75) is 13.3 Å². The molecule has 1 saturated heterocycles. The first-order valence-corrected chi connectivity index (χ1v) is 7.70. The summed E-state index contributed by atoms with van der Waals surface area (Å²) in [5.74, 6) is 1.05. The van der Waals surface area contributed by atoms with Crippen LogP contribution in [0.15, 0.2) is 30.5 Å². The molecule has 0 unspecified atom stereocenters. The Morgan fingerprint density at radius 1 is 1.13 bits per heavy atom. The number of pyridine rings is 1. The zero-order valence-corrected chi connectivity index (χ0v) is 13.1. The van der Waals surface area contributed by atoms with Crippen LogP contribution in [0.4, 0.5) is 11.8 Å². The molecule has 1 aliphatic rings. The van der Waals surface area contributed by atoms with E-state index in [2.05, 4.69) is 19.9 Å². The molecule has 3 heterocycles. The van der Waals surface area contributed by atoms with Gasteiger partial charge in [0.15, 0.2) is 0 Å². The van der Waals surface area contributed by atoms with Crippen molar-refractivity contribution in [3.8, 4) is 0 Å². The number of nitrogen functional groups attached to an aromatic ring is 1. The van der Waals surface area contributed by atoms with E-state index in [-0.39, 0.29) is 5.91 Å². The lowest BCUT2D eigenvalue weighted by molar-refractivity contribution is 0.0761. The van der Waals surface area contributed by atoms with E-state index in [0.717, 1.165) is 18.7 Å². The minimum atomic E-state index is -0.0240. The third-order valence-electron chi connectivity index (χ3n) is 3.84. The Kier molecular flexibility index (Phi) is 4.36. The highest BCUT2D eigenvalue weighted by Gasteiger charge is 2.22. The van der Waals surface area contributed by atoms with Gasteiger partial charge in [0, 0.05) is 38.1 Å². The number of hydrogen-bond acceptors (Lipinski definition) is 6. The summed E-state index contributed by atoms with van der Waals surface area (Å²) in [4.78, 5) is 29.3. The van der Waals surface area contributed by atoms with Gasteiger partial charge >= 0.3 is 0 Å². The number of amides is 1. The number of hydrogen-bond donors (Lipinski definition) is 1. The lowest BCUT2D eigenvalue weighted by atomic mass is 10.2. The van der Waals surface area contributed by atoms with Gasteiger partial charge in [0.2, 0.25) is 5.95 Å². The van der Waals surface area contributed by atoms with Gasteiger partial charge in [-0.1, -0.05) is 6.07 Å². The summed E-state index contributed by atoms with van der Waals surface area (Å²) in [6.45, 7) is 4.69. The van der Waals surface area contributed by atoms with Gasteiger partial charge < -0.3 is 15.5 Å². The summed E-state index contributed by atoms with van der Waals surface area (Å²) < 4.78 is 0. The quantitative estimate of drug-likeness (QED) is 0.894. The molecule has 0 spiro atoms. The van der Waals surface area contributed by atoms with Crippen molar-refractivity contribution in [3.05, 3.63) is 41.9 Å². The van der Waals surface area contributed by atoms with Crippen molar-refractivity contribution in [1.82, 2.24) is 19.9 Å². The molecule has 0 aromatic carbocycles. The standard InChI is InChI=1S/C16H20N6O/c1-12-4-2-5-13(19-12)15(23)21-8-3-9-22(11-10-21)16-18-7-6-14(17)20-16/h2,4-7H,3,8-11H2,1H3,(H2,17,18,20). The van der Waals surface area contributed by atoms with Crippen LogP contribution in [-0.2, 0) is 0 Å². The van der Waals surface area contributed by atoms with Crippen molar-refractivity contribution in [2.75, 3.05) is 36.8 Å². The van der Waals surface area contributed by atoms with E-state index in [0.29, 0.717) is 37.1 Å². The summed E-state index contributed by atoms with van der Waals surface area (Å²) in [6, 6.07) is 7.18. The molecule has 2 N–H and O–H groups in total. The highest BCUT2D eigenvalue weighted by atomic mass is 16.2. The molecular formula is C16H20N6O. The van der Waals surface area contributed by atoms with Crippen LogP contribution in [0.5, 0.6) is 0 Å². The summed E-state index contributed by atoms with van der Waals surface area (Å²) in [7, 11) is 0. The zero-order valence-electron chi connectivity index (χ0n) is 13.1. The highest BCUT2D eigenvalue weighted by molar-refractivity contribution is 5.92. The van der Waals surface area contributed by atoms with Gasteiger partial charge in [-0.05, 0) is 31.5 Å². The Morgan fingerprint density at radius 3 is 2.78 bits per heavy atom. The molecule has 23 heavy (non-hydrogen) atoms.